The molecule has 0 saturated heterocycles. The Kier molecular flexibility index (Phi) is 5.40. The highest BCUT2D eigenvalue weighted by Gasteiger charge is 2.23. The van der Waals surface area contributed by atoms with E-state index in [-0.39, 0.29) is 0 Å². The number of nitrogens with zero attached hydrogens (tertiary/aromatic N) is 1. The lowest BCUT2D eigenvalue weighted by Gasteiger charge is -2.27. The van der Waals surface area contributed by atoms with E-state index < -0.39 is 0 Å². The minimum Gasteiger partial charge on any atom is -0.454 e. The molecular formula is C40H25NOS. The van der Waals surface area contributed by atoms with E-state index in [1.165, 1.54) is 42.1 Å². The van der Waals surface area contributed by atoms with Crippen molar-refractivity contribution in [3.8, 4) is 11.1 Å². The molecule has 9 aromatic rings. The van der Waals surface area contributed by atoms with Crippen molar-refractivity contribution in [2.24, 2.45) is 0 Å². The van der Waals surface area contributed by atoms with E-state index in [9.17, 15) is 0 Å². The largest absolute Gasteiger partial charge is 0.454 e. The third-order valence-corrected chi connectivity index (χ3v) is 9.68. The summed E-state index contributed by atoms with van der Waals surface area (Å²) in [6.07, 6.45) is 0. The fraction of sp³-hybridized carbons (Fsp3) is 0. The molecule has 3 heteroatoms. The van der Waals surface area contributed by atoms with Crippen LogP contribution in [0.5, 0.6) is 0 Å². The minimum atomic E-state index is 0.884. The number of furan rings is 1. The van der Waals surface area contributed by atoms with Crippen molar-refractivity contribution in [2.45, 2.75) is 0 Å². The molecule has 43 heavy (non-hydrogen) atoms. The van der Waals surface area contributed by atoms with Crippen molar-refractivity contribution in [3.63, 3.8) is 0 Å². The molecule has 9 rings (SSSR count). The van der Waals surface area contributed by atoms with Gasteiger partial charge in [0.2, 0.25) is 0 Å². The second-order valence-electron chi connectivity index (χ2n) is 10.9. The van der Waals surface area contributed by atoms with E-state index in [0.717, 1.165) is 39.0 Å². The molecule has 2 aromatic heterocycles. The smallest absolute Gasteiger partial charge is 0.159 e. The number of anilines is 3. The number of hydrogen-bond acceptors (Lipinski definition) is 3. The summed E-state index contributed by atoms with van der Waals surface area (Å²) in [4.78, 5) is 2.38. The maximum atomic E-state index is 6.62. The van der Waals surface area contributed by atoms with Gasteiger partial charge in [0.05, 0.1) is 11.4 Å². The zero-order valence-electron chi connectivity index (χ0n) is 23.2. The van der Waals surface area contributed by atoms with E-state index in [4.69, 9.17) is 4.42 Å². The molecule has 0 saturated carbocycles. The van der Waals surface area contributed by atoms with E-state index in [2.05, 4.69) is 150 Å². The first-order valence-electron chi connectivity index (χ1n) is 14.5. The summed E-state index contributed by atoms with van der Waals surface area (Å²) < 4.78 is 9.24. The van der Waals surface area contributed by atoms with Gasteiger partial charge >= 0.3 is 0 Å². The molecule has 0 spiro atoms. The van der Waals surface area contributed by atoms with Gasteiger partial charge in [0.1, 0.15) is 5.58 Å². The summed E-state index contributed by atoms with van der Waals surface area (Å²) >= 11 is 1.87. The van der Waals surface area contributed by atoms with Gasteiger partial charge in [-0.25, -0.2) is 0 Å². The van der Waals surface area contributed by atoms with Crippen LogP contribution in [0.25, 0.3) is 64.0 Å². The second kappa shape index (κ2) is 9.59. The van der Waals surface area contributed by atoms with Gasteiger partial charge in [0.25, 0.3) is 0 Å². The van der Waals surface area contributed by atoms with Gasteiger partial charge in [0.15, 0.2) is 5.58 Å². The summed E-state index contributed by atoms with van der Waals surface area (Å²) in [5.41, 5.74) is 7.41. The Bertz CT molecular complexity index is 2450. The van der Waals surface area contributed by atoms with Crippen molar-refractivity contribution in [1.82, 2.24) is 0 Å². The Balaban J connectivity index is 1.37. The minimum absolute atomic E-state index is 0.884. The van der Waals surface area contributed by atoms with Crippen molar-refractivity contribution >= 4 is 81.3 Å². The fourth-order valence-corrected chi connectivity index (χ4v) is 7.68. The van der Waals surface area contributed by atoms with Crippen LogP contribution in [0.3, 0.4) is 0 Å². The first-order chi connectivity index (χ1) is 21.3. The number of thiophene rings is 1. The highest BCUT2D eigenvalue weighted by atomic mass is 32.1. The molecule has 2 nitrogen and oxygen atoms in total. The molecule has 0 bridgehead atoms. The monoisotopic (exact) mass is 567 g/mol. The first-order valence-corrected chi connectivity index (χ1v) is 15.3. The van der Waals surface area contributed by atoms with Gasteiger partial charge in [-0.15, -0.1) is 11.3 Å². The lowest BCUT2D eigenvalue weighted by molar-refractivity contribution is 0.669. The predicted octanol–water partition coefficient (Wildman–Crippen LogP) is 12.2. The SMILES string of the molecule is c1ccc(-c2ccc(N(c3cc4c5ccccc5sc4c4ccccc34)c3cccc4c3oc3ccccc34)cc2)cc1. The summed E-state index contributed by atoms with van der Waals surface area (Å²) in [6.45, 7) is 0. The molecule has 0 radical (unpaired) electrons. The van der Waals surface area contributed by atoms with Gasteiger partial charge in [-0.3, -0.25) is 0 Å². The number of rotatable bonds is 4. The molecule has 7 aromatic carbocycles. The lowest BCUT2D eigenvalue weighted by Crippen LogP contribution is -2.11. The number of benzene rings is 7. The van der Waals surface area contributed by atoms with Crippen LogP contribution in [0.4, 0.5) is 17.1 Å². The van der Waals surface area contributed by atoms with E-state index >= 15 is 0 Å². The maximum absolute atomic E-state index is 6.62. The van der Waals surface area contributed by atoms with Crippen LogP contribution in [-0.2, 0) is 0 Å². The molecular weight excluding hydrogens is 543 g/mol. The van der Waals surface area contributed by atoms with E-state index in [0.29, 0.717) is 0 Å². The van der Waals surface area contributed by atoms with Gasteiger partial charge in [-0.2, -0.15) is 0 Å². The van der Waals surface area contributed by atoms with Crippen LogP contribution in [-0.4, -0.2) is 0 Å². The maximum Gasteiger partial charge on any atom is 0.159 e. The van der Waals surface area contributed by atoms with Gasteiger partial charge in [-0.05, 0) is 47.5 Å². The fourth-order valence-electron chi connectivity index (χ4n) is 6.46. The van der Waals surface area contributed by atoms with Crippen LogP contribution in [0.2, 0.25) is 0 Å². The third kappa shape index (κ3) is 3.79. The molecule has 0 aliphatic rings. The standard InChI is InChI=1S/C40H25NOS/c1-2-11-26(12-3-1)27-21-23-28(24-22-27)41(35-18-10-17-32-30-14-6-8-19-37(30)42-39(32)35)36-25-34-31-15-7-9-20-38(31)43-40(34)33-16-5-4-13-29(33)36/h1-25H. The Morgan fingerprint density at radius 1 is 0.442 bits per heavy atom. The first kappa shape index (κ1) is 24.2. The van der Waals surface area contributed by atoms with Crippen molar-refractivity contribution in [2.75, 3.05) is 4.90 Å². The Morgan fingerprint density at radius 2 is 1.09 bits per heavy atom. The molecule has 0 amide bonds. The zero-order chi connectivity index (χ0) is 28.3. The molecule has 0 atom stereocenters. The van der Waals surface area contributed by atoms with E-state index in [1.807, 2.05) is 17.4 Å². The predicted molar refractivity (Wildman–Crippen MR) is 184 cm³/mol. The molecule has 0 fully saturated rings. The van der Waals surface area contributed by atoms with Crippen molar-refractivity contribution in [1.29, 1.82) is 0 Å². The number of hydrogen-bond donors (Lipinski definition) is 0. The summed E-state index contributed by atoms with van der Waals surface area (Å²) in [5.74, 6) is 0. The lowest BCUT2D eigenvalue weighted by atomic mass is 10.0. The topological polar surface area (TPSA) is 16.4 Å². The van der Waals surface area contributed by atoms with Crippen molar-refractivity contribution < 1.29 is 4.42 Å². The number of para-hydroxylation sites is 2. The van der Waals surface area contributed by atoms with Crippen LogP contribution in [0.1, 0.15) is 0 Å². The highest BCUT2D eigenvalue weighted by molar-refractivity contribution is 7.26. The number of fused-ring (bicyclic) bond motifs is 8. The highest BCUT2D eigenvalue weighted by Crippen LogP contribution is 2.48. The summed E-state index contributed by atoms with van der Waals surface area (Å²) in [5, 5.41) is 7.28. The zero-order valence-corrected chi connectivity index (χ0v) is 24.0. The second-order valence-corrected chi connectivity index (χ2v) is 12.0. The molecule has 2 heterocycles. The van der Waals surface area contributed by atoms with Crippen molar-refractivity contribution in [3.05, 3.63) is 152 Å². The molecule has 0 N–H and O–H groups in total. The third-order valence-electron chi connectivity index (χ3n) is 8.46. The Labute approximate surface area is 252 Å². The Hall–Kier alpha value is -5.38. The quantitative estimate of drug-likeness (QED) is 0.210. The average Bonchev–Trinajstić information content (AvgIpc) is 3.65. The summed E-state index contributed by atoms with van der Waals surface area (Å²) in [6, 6.07) is 54.2. The molecule has 0 aliphatic carbocycles. The molecule has 0 unspecified atom stereocenters. The normalized spacial score (nSPS) is 11.7. The van der Waals surface area contributed by atoms with E-state index in [1.54, 1.807) is 0 Å². The van der Waals surface area contributed by atoms with Gasteiger partial charge < -0.3 is 9.32 Å². The van der Waals surface area contributed by atoms with Crippen LogP contribution < -0.4 is 4.90 Å². The Morgan fingerprint density at radius 3 is 1.93 bits per heavy atom. The van der Waals surface area contributed by atoms with Gasteiger partial charge in [0, 0.05) is 47.4 Å². The molecule has 0 aliphatic heterocycles. The average molecular weight is 568 g/mol. The van der Waals surface area contributed by atoms with Crippen LogP contribution in [0.15, 0.2) is 156 Å². The van der Waals surface area contributed by atoms with Gasteiger partial charge in [-0.1, -0.05) is 115 Å². The van der Waals surface area contributed by atoms with Crippen LogP contribution in [0, 0.1) is 0 Å². The molecule has 202 valence electrons. The van der Waals surface area contributed by atoms with Crippen LogP contribution >= 0.6 is 11.3 Å². The summed E-state index contributed by atoms with van der Waals surface area (Å²) in [7, 11) is 0.